The number of nitrogens with one attached hydrogen (secondary N) is 1. The molecule has 1 aliphatic rings. The number of hydrogen-bond donors (Lipinski definition) is 1. The van der Waals surface area contributed by atoms with Crippen LogP contribution in [0.2, 0.25) is 5.02 Å². The van der Waals surface area contributed by atoms with Gasteiger partial charge in [-0.25, -0.2) is 4.79 Å². The lowest BCUT2D eigenvalue weighted by Crippen LogP contribution is -2.42. The molecule has 1 aromatic carbocycles. The molecular formula is C17H25ClN2O2. The highest BCUT2D eigenvalue weighted by Gasteiger charge is 2.26. The molecule has 2 amide bonds. The van der Waals surface area contributed by atoms with Gasteiger partial charge in [0.25, 0.3) is 0 Å². The quantitative estimate of drug-likeness (QED) is 0.832. The van der Waals surface area contributed by atoms with Crippen molar-refractivity contribution < 1.29 is 9.53 Å². The van der Waals surface area contributed by atoms with E-state index in [4.69, 9.17) is 16.3 Å². The fourth-order valence-corrected chi connectivity index (χ4v) is 3.02. The molecule has 0 aliphatic carbocycles. The Morgan fingerprint density at radius 3 is 2.82 bits per heavy atom. The number of likely N-dealkylation sites (tertiary alicyclic amines) is 1. The first-order chi connectivity index (χ1) is 10.7. The molecule has 2 rings (SSSR count). The predicted molar refractivity (Wildman–Crippen MR) is 89.3 cm³/mol. The number of amides is 2. The van der Waals surface area contributed by atoms with Gasteiger partial charge in [0.15, 0.2) is 0 Å². The molecule has 0 bridgehead atoms. The van der Waals surface area contributed by atoms with Crippen LogP contribution in [0.1, 0.15) is 43.7 Å². The van der Waals surface area contributed by atoms with E-state index in [2.05, 4.69) is 5.32 Å². The number of hydrogen-bond acceptors (Lipinski definition) is 2. The molecule has 0 radical (unpaired) electrons. The van der Waals surface area contributed by atoms with Crippen LogP contribution in [0.4, 0.5) is 4.79 Å². The van der Waals surface area contributed by atoms with Crippen LogP contribution in [-0.4, -0.2) is 37.7 Å². The number of methoxy groups -OCH3 is 1. The van der Waals surface area contributed by atoms with Crippen molar-refractivity contribution in [3.8, 4) is 0 Å². The fraction of sp³-hybridized carbons (Fsp3) is 0.588. The molecule has 1 atom stereocenters. The molecule has 5 heteroatoms. The summed E-state index contributed by atoms with van der Waals surface area (Å²) in [6, 6.07) is 8.03. The number of rotatable bonds is 5. The number of halogens is 1. The van der Waals surface area contributed by atoms with Gasteiger partial charge in [0, 0.05) is 31.8 Å². The summed E-state index contributed by atoms with van der Waals surface area (Å²) in [5.41, 5.74) is 1.17. The van der Waals surface area contributed by atoms with Crippen molar-refractivity contribution in [2.75, 3.05) is 26.8 Å². The third-order valence-corrected chi connectivity index (χ3v) is 4.32. The number of urea groups is 1. The van der Waals surface area contributed by atoms with Crippen molar-refractivity contribution in [3.63, 3.8) is 0 Å². The van der Waals surface area contributed by atoms with Crippen molar-refractivity contribution in [2.24, 2.45) is 0 Å². The van der Waals surface area contributed by atoms with E-state index in [1.54, 1.807) is 7.11 Å². The van der Waals surface area contributed by atoms with Gasteiger partial charge in [0.2, 0.25) is 0 Å². The largest absolute Gasteiger partial charge is 0.385 e. The maximum atomic E-state index is 12.5. The zero-order valence-corrected chi connectivity index (χ0v) is 13.9. The Hall–Kier alpha value is -1.26. The molecule has 1 aliphatic heterocycles. The SMILES string of the molecule is COCCCNC(=O)N1CCCCCC1c1ccc(Cl)cc1. The third kappa shape index (κ3) is 4.89. The molecule has 1 saturated heterocycles. The van der Waals surface area contributed by atoms with E-state index in [0.29, 0.717) is 13.2 Å². The maximum absolute atomic E-state index is 12.5. The van der Waals surface area contributed by atoms with Crippen molar-refractivity contribution in [3.05, 3.63) is 34.9 Å². The lowest BCUT2D eigenvalue weighted by Gasteiger charge is -2.30. The van der Waals surface area contributed by atoms with E-state index in [0.717, 1.165) is 37.3 Å². The van der Waals surface area contributed by atoms with Crippen molar-refractivity contribution in [1.82, 2.24) is 10.2 Å². The van der Waals surface area contributed by atoms with Crippen LogP contribution in [0.25, 0.3) is 0 Å². The average Bonchev–Trinajstić information content (AvgIpc) is 2.78. The number of ether oxygens (including phenoxy) is 1. The van der Waals surface area contributed by atoms with E-state index in [9.17, 15) is 4.79 Å². The van der Waals surface area contributed by atoms with Crippen molar-refractivity contribution in [2.45, 2.75) is 38.1 Å². The minimum absolute atomic E-state index is 0.0259. The monoisotopic (exact) mass is 324 g/mol. The van der Waals surface area contributed by atoms with E-state index < -0.39 is 0 Å². The normalized spacial score (nSPS) is 18.8. The zero-order valence-electron chi connectivity index (χ0n) is 13.2. The molecule has 0 aromatic heterocycles. The van der Waals surface area contributed by atoms with E-state index in [-0.39, 0.29) is 12.1 Å². The summed E-state index contributed by atoms with van der Waals surface area (Å²) in [4.78, 5) is 14.5. The summed E-state index contributed by atoms with van der Waals surface area (Å²) in [5, 5.41) is 3.74. The topological polar surface area (TPSA) is 41.6 Å². The Morgan fingerprint density at radius 2 is 2.09 bits per heavy atom. The highest BCUT2D eigenvalue weighted by Crippen LogP contribution is 2.30. The van der Waals surface area contributed by atoms with E-state index in [1.807, 2.05) is 29.2 Å². The summed E-state index contributed by atoms with van der Waals surface area (Å²) in [6.45, 7) is 2.13. The molecule has 0 saturated carbocycles. The smallest absolute Gasteiger partial charge is 0.317 e. The summed E-state index contributed by atoms with van der Waals surface area (Å²) in [5.74, 6) is 0. The number of carbonyl (C=O) groups excluding carboxylic acids is 1. The fourth-order valence-electron chi connectivity index (χ4n) is 2.90. The molecule has 122 valence electrons. The first-order valence-corrected chi connectivity index (χ1v) is 8.39. The molecule has 4 nitrogen and oxygen atoms in total. The zero-order chi connectivity index (χ0) is 15.8. The van der Waals surface area contributed by atoms with Crippen LogP contribution < -0.4 is 5.32 Å². The Balaban J connectivity index is 2.03. The van der Waals surface area contributed by atoms with Crippen LogP contribution >= 0.6 is 11.6 Å². The summed E-state index contributed by atoms with van der Waals surface area (Å²) >= 11 is 5.98. The predicted octanol–water partition coefficient (Wildman–Crippen LogP) is 4.00. The minimum Gasteiger partial charge on any atom is -0.385 e. The van der Waals surface area contributed by atoms with Gasteiger partial charge < -0.3 is 15.0 Å². The lowest BCUT2D eigenvalue weighted by molar-refractivity contribution is 0.170. The Labute approximate surface area is 137 Å². The molecule has 22 heavy (non-hydrogen) atoms. The number of benzene rings is 1. The van der Waals surface area contributed by atoms with Gasteiger partial charge >= 0.3 is 6.03 Å². The second-order valence-electron chi connectivity index (χ2n) is 5.69. The van der Waals surface area contributed by atoms with Crippen molar-refractivity contribution in [1.29, 1.82) is 0 Å². The van der Waals surface area contributed by atoms with Gasteiger partial charge in [0.1, 0.15) is 0 Å². The van der Waals surface area contributed by atoms with Gasteiger partial charge in [0.05, 0.1) is 6.04 Å². The Kier molecular flexibility index (Phi) is 7.00. The van der Waals surface area contributed by atoms with E-state index in [1.165, 1.54) is 12.0 Å². The summed E-state index contributed by atoms with van der Waals surface area (Å²) in [7, 11) is 1.67. The van der Waals surface area contributed by atoms with Crippen LogP contribution in [0.5, 0.6) is 0 Å². The molecule has 0 spiro atoms. The van der Waals surface area contributed by atoms with Crippen LogP contribution in [0.3, 0.4) is 0 Å². The second kappa shape index (κ2) is 9.01. The van der Waals surface area contributed by atoms with E-state index >= 15 is 0 Å². The molecular weight excluding hydrogens is 300 g/mol. The molecule has 1 N–H and O–H groups in total. The number of carbonyl (C=O) groups is 1. The minimum atomic E-state index is 0.0259. The van der Waals surface area contributed by atoms with Crippen LogP contribution in [0.15, 0.2) is 24.3 Å². The standard InChI is InChI=1S/C17H25ClN2O2/c1-22-13-5-11-19-17(21)20-12-4-2-3-6-16(20)14-7-9-15(18)10-8-14/h7-10,16H,2-6,11-13H2,1H3,(H,19,21). The average molecular weight is 325 g/mol. The Bertz CT molecular complexity index is 464. The maximum Gasteiger partial charge on any atom is 0.317 e. The van der Waals surface area contributed by atoms with Gasteiger partial charge in [-0.15, -0.1) is 0 Å². The number of nitrogens with zero attached hydrogens (tertiary/aromatic N) is 1. The van der Waals surface area contributed by atoms with Gasteiger partial charge in [-0.1, -0.05) is 36.6 Å². The molecule has 1 aromatic rings. The van der Waals surface area contributed by atoms with Crippen LogP contribution in [0, 0.1) is 0 Å². The van der Waals surface area contributed by atoms with Crippen LogP contribution in [-0.2, 0) is 4.74 Å². The molecule has 1 unspecified atom stereocenters. The summed E-state index contributed by atoms with van der Waals surface area (Å²) < 4.78 is 5.01. The molecule has 1 heterocycles. The molecule has 1 fully saturated rings. The highest BCUT2D eigenvalue weighted by molar-refractivity contribution is 6.30. The first-order valence-electron chi connectivity index (χ1n) is 8.01. The third-order valence-electron chi connectivity index (χ3n) is 4.07. The summed E-state index contributed by atoms with van der Waals surface area (Å²) in [6.07, 6.45) is 5.24. The van der Waals surface area contributed by atoms with Gasteiger partial charge in [-0.3, -0.25) is 0 Å². The van der Waals surface area contributed by atoms with Gasteiger partial charge in [-0.2, -0.15) is 0 Å². The highest BCUT2D eigenvalue weighted by atomic mass is 35.5. The van der Waals surface area contributed by atoms with Crippen molar-refractivity contribution >= 4 is 17.6 Å². The van der Waals surface area contributed by atoms with Gasteiger partial charge in [-0.05, 0) is 37.0 Å². The Morgan fingerprint density at radius 1 is 1.32 bits per heavy atom. The second-order valence-corrected chi connectivity index (χ2v) is 6.12. The lowest BCUT2D eigenvalue weighted by atomic mass is 10.0. The first kappa shape index (κ1) is 17.1.